The maximum absolute atomic E-state index is 14.9. The van der Waals surface area contributed by atoms with Crippen LogP contribution in [-0.4, -0.2) is 28.7 Å². The summed E-state index contributed by atoms with van der Waals surface area (Å²) in [7, 11) is 1.57. The lowest BCUT2D eigenvalue weighted by Crippen LogP contribution is -2.26. The number of aliphatic hydroxyl groups excluding tert-OH is 1. The fourth-order valence-corrected chi connectivity index (χ4v) is 3.83. The van der Waals surface area contributed by atoms with Crippen LogP contribution in [0.25, 0.3) is 0 Å². The summed E-state index contributed by atoms with van der Waals surface area (Å²) >= 11 is 5.93. The number of aromatic nitrogens is 1. The van der Waals surface area contributed by atoms with Crippen LogP contribution in [0, 0.1) is 10.7 Å². The van der Waals surface area contributed by atoms with Gasteiger partial charge in [-0.1, -0.05) is 35.0 Å². The van der Waals surface area contributed by atoms with Gasteiger partial charge in [-0.15, -0.1) is 0 Å². The molecule has 0 aliphatic rings. The predicted octanol–water partition coefficient (Wildman–Crippen LogP) is 3.93. The number of aryl methyl sites for hydroxylation is 1. The third-order valence-corrected chi connectivity index (χ3v) is 5.60. The average Bonchev–Trinajstić information content (AvgIpc) is 2.81. The van der Waals surface area contributed by atoms with Gasteiger partial charge in [0.15, 0.2) is 0 Å². The molecule has 0 spiro atoms. The molecule has 0 fully saturated rings. The number of hydrogen-bond donors (Lipinski definition) is 2. The fraction of sp³-hybridized carbons (Fsp3) is 0.250. The summed E-state index contributed by atoms with van der Waals surface area (Å²) in [4.78, 5) is 35.9. The van der Waals surface area contributed by atoms with Gasteiger partial charge in [0.05, 0.1) is 6.61 Å². The SMILES string of the molecule is Cn1cc(C(CC(c2cccc(C(=O)NCCO)c2)c2ccc(Cl)cc2F)N=O)ccc1=O. The molecule has 1 heterocycles. The highest BCUT2D eigenvalue weighted by Crippen LogP contribution is 2.37. The molecule has 2 N–H and O–H groups in total. The van der Waals surface area contributed by atoms with Gasteiger partial charge in [0.25, 0.3) is 5.91 Å². The number of hydrogen-bond acceptors (Lipinski definition) is 5. The van der Waals surface area contributed by atoms with Crippen molar-refractivity contribution in [3.05, 3.63) is 109 Å². The number of aliphatic hydroxyl groups is 1. The number of carbonyl (C=O) groups excluding carboxylic acids is 1. The Bertz CT molecular complexity index is 1210. The Labute approximate surface area is 194 Å². The van der Waals surface area contributed by atoms with Gasteiger partial charge < -0.3 is 15.0 Å². The first-order valence-electron chi connectivity index (χ1n) is 10.3. The highest BCUT2D eigenvalue weighted by atomic mass is 35.5. The monoisotopic (exact) mass is 471 g/mol. The largest absolute Gasteiger partial charge is 0.395 e. The molecule has 0 aliphatic heterocycles. The lowest BCUT2D eigenvalue weighted by Gasteiger charge is -2.22. The first-order valence-corrected chi connectivity index (χ1v) is 10.6. The van der Waals surface area contributed by atoms with Crippen molar-refractivity contribution in [1.82, 2.24) is 9.88 Å². The molecule has 9 heteroatoms. The van der Waals surface area contributed by atoms with Crippen LogP contribution in [-0.2, 0) is 7.05 Å². The average molecular weight is 472 g/mol. The smallest absolute Gasteiger partial charge is 0.251 e. The zero-order valence-corrected chi connectivity index (χ0v) is 18.6. The summed E-state index contributed by atoms with van der Waals surface area (Å²) in [6.45, 7) is -0.0987. The van der Waals surface area contributed by atoms with E-state index >= 15 is 0 Å². The van der Waals surface area contributed by atoms with Crippen molar-refractivity contribution >= 4 is 17.5 Å². The van der Waals surface area contributed by atoms with Crippen molar-refractivity contribution < 1.29 is 14.3 Å². The van der Waals surface area contributed by atoms with E-state index in [1.54, 1.807) is 43.4 Å². The van der Waals surface area contributed by atoms with Gasteiger partial charge in [-0.25, -0.2) is 4.39 Å². The van der Waals surface area contributed by atoms with Crippen molar-refractivity contribution in [3.8, 4) is 0 Å². The Morgan fingerprint density at radius 1 is 1.18 bits per heavy atom. The lowest BCUT2D eigenvalue weighted by atomic mass is 9.83. The van der Waals surface area contributed by atoms with E-state index in [2.05, 4.69) is 10.5 Å². The standard InChI is InChI=1S/C24H23ClFN3O4/c1-29-14-17(5-8-23(29)31)22(28-33)13-20(19-7-6-18(25)12-21(19)26)15-3-2-4-16(11-15)24(32)27-9-10-30/h2-8,11-12,14,20,22,30H,9-10,13H2,1H3,(H,27,32). The lowest BCUT2D eigenvalue weighted by molar-refractivity contribution is 0.0944. The van der Waals surface area contributed by atoms with Crippen LogP contribution in [0.5, 0.6) is 0 Å². The summed E-state index contributed by atoms with van der Waals surface area (Å²) in [5.41, 5.74) is 1.52. The molecule has 2 unspecified atom stereocenters. The van der Waals surface area contributed by atoms with Gasteiger partial charge in [0.2, 0.25) is 5.56 Å². The number of pyridine rings is 1. The molecule has 0 aliphatic carbocycles. The first kappa shape index (κ1) is 24.3. The molecule has 7 nitrogen and oxygen atoms in total. The minimum absolute atomic E-state index is 0.0992. The molecule has 0 bridgehead atoms. The van der Waals surface area contributed by atoms with Gasteiger partial charge >= 0.3 is 0 Å². The molecule has 0 radical (unpaired) electrons. The van der Waals surface area contributed by atoms with Crippen LogP contribution in [0.4, 0.5) is 4.39 Å². The number of carbonyl (C=O) groups is 1. The van der Waals surface area contributed by atoms with E-state index in [0.717, 1.165) is 0 Å². The van der Waals surface area contributed by atoms with Crippen LogP contribution >= 0.6 is 11.6 Å². The number of rotatable bonds is 9. The van der Waals surface area contributed by atoms with Crippen LogP contribution < -0.4 is 10.9 Å². The zero-order chi connectivity index (χ0) is 24.0. The molecule has 3 rings (SSSR count). The van der Waals surface area contributed by atoms with E-state index < -0.39 is 17.8 Å². The minimum Gasteiger partial charge on any atom is -0.395 e. The van der Waals surface area contributed by atoms with Crippen molar-refractivity contribution in [1.29, 1.82) is 0 Å². The fourth-order valence-electron chi connectivity index (χ4n) is 3.67. The second kappa shape index (κ2) is 11.0. The number of benzene rings is 2. The normalized spacial score (nSPS) is 12.7. The van der Waals surface area contributed by atoms with E-state index in [1.165, 1.54) is 29.0 Å². The maximum Gasteiger partial charge on any atom is 0.251 e. The van der Waals surface area contributed by atoms with Gasteiger partial charge in [-0.3, -0.25) is 9.59 Å². The zero-order valence-electron chi connectivity index (χ0n) is 17.9. The van der Waals surface area contributed by atoms with Gasteiger partial charge in [0.1, 0.15) is 11.9 Å². The molecule has 33 heavy (non-hydrogen) atoms. The molecule has 172 valence electrons. The van der Waals surface area contributed by atoms with Crippen LogP contribution in [0.2, 0.25) is 5.02 Å². The highest BCUT2D eigenvalue weighted by molar-refractivity contribution is 6.30. The molecular formula is C24H23ClFN3O4. The molecule has 2 atom stereocenters. The Hall–Kier alpha value is -3.36. The minimum atomic E-state index is -0.872. The number of nitrogens with one attached hydrogen (secondary N) is 1. The number of nitrogens with zero attached hydrogens (tertiary/aromatic N) is 2. The summed E-state index contributed by atoms with van der Waals surface area (Å²) in [6, 6.07) is 12.9. The van der Waals surface area contributed by atoms with Crippen molar-refractivity contribution in [2.45, 2.75) is 18.4 Å². The van der Waals surface area contributed by atoms with Crippen LogP contribution in [0.15, 0.2) is 70.8 Å². The Balaban J connectivity index is 2.05. The predicted molar refractivity (Wildman–Crippen MR) is 124 cm³/mol. The maximum atomic E-state index is 14.9. The third kappa shape index (κ3) is 5.91. The highest BCUT2D eigenvalue weighted by Gasteiger charge is 2.25. The van der Waals surface area contributed by atoms with Gasteiger partial charge in [0, 0.05) is 42.4 Å². The molecule has 0 saturated carbocycles. The number of amides is 1. The molecule has 1 aromatic heterocycles. The van der Waals surface area contributed by atoms with E-state index in [4.69, 9.17) is 16.7 Å². The summed E-state index contributed by atoms with van der Waals surface area (Å²) in [5, 5.41) is 15.0. The second-order valence-corrected chi connectivity index (χ2v) is 8.03. The van der Waals surface area contributed by atoms with E-state index in [0.29, 0.717) is 22.3 Å². The van der Waals surface area contributed by atoms with Gasteiger partial charge in [-0.2, -0.15) is 4.91 Å². The van der Waals surface area contributed by atoms with Crippen LogP contribution in [0.3, 0.4) is 0 Å². The Kier molecular flexibility index (Phi) is 8.08. The van der Waals surface area contributed by atoms with E-state index in [9.17, 15) is 18.9 Å². The van der Waals surface area contributed by atoms with Crippen LogP contribution in [0.1, 0.15) is 45.4 Å². The number of nitroso groups, excluding NO2 is 1. The van der Waals surface area contributed by atoms with Gasteiger partial charge in [-0.05, 0) is 53.4 Å². The molecule has 0 saturated heterocycles. The van der Waals surface area contributed by atoms with Crippen molar-refractivity contribution in [3.63, 3.8) is 0 Å². The first-order chi connectivity index (χ1) is 15.8. The van der Waals surface area contributed by atoms with E-state index in [-0.39, 0.29) is 36.1 Å². The molecule has 2 aromatic carbocycles. The molecular weight excluding hydrogens is 449 g/mol. The molecule has 1 amide bonds. The Morgan fingerprint density at radius 3 is 2.64 bits per heavy atom. The van der Waals surface area contributed by atoms with E-state index in [1.807, 2.05) is 0 Å². The van der Waals surface area contributed by atoms with Crippen molar-refractivity contribution in [2.75, 3.05) is 13.2 Å². The summed E-state index contributed by atoms with van der Waals surface area (Å²) in [6.07, 6.45) is 1.63. The van der Waals surface area contributed by atoms with Crippen molar-refractivity contribution in [2.24, 2.45) is 12.2 Å². The topological polar surface area (TPSA) is 101 Å². The quantitative estimate of drug-likeness (QED) is 0.462. The molecule has 3 aromatic rings. The third-order valence-electron chi connectivity index (χ3n) is 5.37. The second-order valence-electron chi connectivity index (χ2n) is 7.59. The summed E-state index contributed by atoms with van der Waals surface area (Å²) in [5.74, 6) is -1.56. The summed E-state index contributed by atoms with van der Waals surface area (Å²) < 4.78 is 16.3. The Morgan fingerprint density at radius 2 is 1.97 bits per heavy atom. The number of halogens is 2.